The Morgan fingerprint density at radius 2 is 2.06 bits per heavy atom. The molecule has 0 aromatic carbocycles. The molecular weight excluding hydrogens is 212 g/mol. The van der Waals surface area contributed by atoms with Crippen LogP contribution in [0.1, 0.15) is 39.5 Å². The number of amides is 1. The van der Waals surface area contributed by atoms with Crippen LogP contribution in [0.25, 0.3) is 0 Å². The summed E-state index contributed by atoms with van der Waals surface area (Å²) in [5.41, 5.74) is 0. The smallest absolute Gasteiger partial charge is 0.223 e. The van der Waals surface area contributed by atoms with Gasteiger partial charge < -0.3 is 10.6 Å². The summed E-state index contributed by atoms with van der Waals surface area (Å²) in [6, 6.07) is 0. The zero-order chi connectivity index (χ0) is 12.3. The van der Waals surface area contributed by atoms with Crippen LogP contribution in [-0.2, 0) is 4.79 Å². The second-order valence-electron chi connectivity index (χ2n) is 5.97. The summed E-state index contributed by atoms with van der Waals surface area (Å²) < 4.78 is 0. The molecule has 1 aliphatic carbocycles. The Morgan fingerprint density at radius 3 is 2.65 bits per heavy atom. The summed E-state index contributed by atoms with van der Waals surface area (Å²) in [7, 11) is 0. The maximum Gasteiger partial charge on any atom is 0.223 e. The van der Waals surface area contributed by atoms with Crippen molar-refractivity contribution in [1.29, 1.82) is 0 Å². The molecule has 0 aromatic heterocycles. The van der Waals surface area contributed by atoms with Crippen molar-refractivity contribution in [1.82, 2.24) is 10.6 Å². The van der Waals surface area contributed by atoms with E-state index in [4.69, 9.17) is 0 Å². The fourth-order valence-corrected chi connectivity index (χ4v) is 2.97. The zero-order valence-corrected chi connectivity index (χ0v) is 11.2. The van der Waals surface area contributed by atoms with E-state index in [-0.39, 0.29) is 11.8 Å². The lowest BCUT2D eigenvalue weighted by Crippen LogP contribution is -2.50. The molecule has 3 nitrogen and oxygen atoms in total. The van der Waals surface area contributed by atoms with Gasteiger partial charge in [0.25, 0.3) is 0 Å². The Bertz CT molecular complexity index is 263. The zero-order valence-electron chi connectivity index (χ0n) is 11.2. The average Bonchev–Trinajstić information content (AvgIpc) is 2.25. The molecule has 1 amide bonds. The molecule has 3 unspecified atom stereocenters. The quantitative estimate of drug-likeness (QED) is 0.784. The summed E-state index contributed by atoms with van der Waals surface area (Å²) in [4.78, 5) is 12.0. The predicted molar refractivity (Wildman–Crippen MR) is 69.7 cm³/mol. The maximum absolute atomic E-state index is 12.0. The molecule has 2 aliphatic rings. The van der Waals surface area contributed by atoms with Gasteiger partial charge in [0, 0.05) is 12.5 Å². The molecule has 2 fully saturated rings. The first kappa shape index (κ1) is 12.9. The standard InChI is InChI=1S/C14H26N2O/c1-10-5-3-4-6-12(10)9-16-14(17)11(2)13-7-15-8-13/h10-13,15H,3-9H2,1-2H3,(H,16,17). The highest BCUT2D eigenvalue weighted by Crippen LogP contribution is 2.29. The van der Waals surface area contributed by atoms with Gasteiger partial charge in [-0.25, -0.2) is 0 Å². The van der Waals surface area contributed by atoms with Gasteiger partial charge in [-0.1, -0.05) is 33.1 Å². The van der Waals surface area contributed by atoms with Crippen molar-refractivity contribution in [3.8, 4) is 0 Å². The van der Waals surface area contributed by atoms with Crippen molar-refractivity contribution >= 4 is 5.91 Å². The van der Waals surface area contributed by atoms with Crippen LogP contribution in [-0.4, -0.2) is 25.5 Å². The third kappa shape index (κ3) is 3.21. The molecule has 1 saturated heterocycles. The molecular formula is C14H26N2O. The first-order valence-corrected chi connectivity index (χ1v) is 7.17. The minimum absolute atomic E-state index is 0.176. The first-order valence-electron chi connectivity index (χ1n) is 7.17. The second-order valence-corrected chi connectivity index (χ2v) is 5.97. The van der Waals surface area contributed by atoms with Gasteiger partial charge in [-0.15, -0.1) is 0 Å². The number of hydrogen-bond donors (Lipinski definition) is 2. The maximum atomic E-state index is 12.0. The number of hydrogen-bond acceptors (Lipinski definition) is 2. The Balaban J connectivity index is 1.71. The van der Waals surface area contributed by atoms with Crippen molar-refractivity contribution in [2.45, 2.75) is 39.5 Å². The molecule has 0 aromatic rings. The van der Waals surface area contributed by atoms with E-state index in [0.717, 1.165) is 25.6 Å². The van der Waals surface area contributed by atoms with Crippen LogP contribution in [0.15, 0.2) is 0 Å². The molecule has 1 aliphatic heterocycles. The number of carbonyl (C=O) groups excluding carboxylic acids is 1. The molecule has 0 bridgehead atoms. The SMILES string of the molecule is CC1CCCCC1CNC(=O)C(C)C1CNC1. The Hall–Kier alpha value is -0.570. The van der Waals surface area contributed by atoms with Gasteiger partial charge in [0.2, 0.25) is 5.91 Å². The molecule has 17 heavy (non-hydrogen) atoms. The van der Waals surface area contributed by atoms with E-state index in [1.54, 1.807) is 0 Å². The van der Waals surface area contributed by atoms with Gasteiger partial charge in [0.05, 0.1) is 0 Å². The van der Waals surface area contributed by atoms with Crippen LogP contribution in [0, 0.1) is 23.7 Å². The van der Waals surface area contributed by atoms with Crippen molar-refractivity contribution in [2.24, 2.45) is 23.7 Å². The summed E-state index contributed by atoms with van der Waals surface area (Å²) in [6.07, 6.45) is 5.34. The third-order valence-corrected chi connectivity index (χ3v) is 4.76. The Labute approximate surface area is 105 Å². The van der Waals surface area contributed by atoms with Crippen LogP contribution in [0.2, 0.25) is 0 Å². The molecule has 0 spiro atoms. The average molecular weight is 238 g/mol. The lowest BCUT2D eigenvalue weighted by molar-refractivity contribution is -0.127. The lowest BCUT2D eigenvalue weighted by Gasteiger charge is -2.33. The molecule has 0 radical (unpaired) electrons. The molecule has 98 valence electrons. The molecule has 1 heterocycles. The molecule has 2 N–H and O–H groups in total. The Kier molecular flexibility index (Phi) is 4.43. The molecule has 3 heteroatoms. The van der Waals surface area contributed by atoms with Crippen molar-refractivity contribution in [3.05, 3.63) is 0 Å². The van der Waals surface area contributed by atoms with Gasteiger partial charge in [0.15, 0.2) is 0 Å². The van der Waals surface area contributed by atoms with Crippen LogP contribution in [0.4, 0.5) is 0 Å². The van der Waals surface area contributed by atoms with Gasteiger partial charge in [-0.05, 0) is 37.3 Å². The molecule has 1 saturated carbocycles. The van der Waals surface area contributed by atoms with Crippen LogP contribution in [0.5, 0.6) is 0 Å². The van der Waals surface area contributed by atoms with Crippen LogP contribution >= 0.6 is 0 Å². The van der Waals surface area contributed by atoms with Gasteiger partial charge >= 0.3 is 0 Å². The van der Waals surface area contributed by atoms with Crippen LogP contribution in [0.3, 0.4) is 0 Å². The summed E-state index contributed by atoms with van der Waals surface area (Å²) in [5.74, 6) is 2.48. The summed E-state index contributed by atoms with van der Waals surface area (Å²) >= 11 is 0. The monoisotopic (exact) mass is 238 g/mol. The molecule has 2 rings (SSSR count). The normalized spacial score (nSPS) is 31.6. The van der Waals surface area contributed by atoms with E-state index in [0.29, 0.717) is 11.8 Å². The highest BCUT2D eigenvalue weighted by atomic mass is 16.1. The van der Waals surface area contributed by atoms with Crippen molar-refractivity contribution < 1.29 is 4.79 Å². The highest BCUT2D eigenvalue weighted by molar-refractivity contribution is 5.78. The lowest BCUT2D eigenvalue weighted by atomic mass is 9.80. The molecule has 3 atom stereocenters. The minimum Gasteiger partial charge on any atom is -0.356 e. The Morgan fingerprint density at radius 1 is 1.35 bits per heavy atom. The third-order valence-electron chi connectivity index (χ3n) is 4.76. The summed E-state index contributed by atoms with van der Waals surface area (Å²) in [6.45, 7) is 7.30. The van der Waals surface area contributed by atoms with Crippen molar-refractivity contribution in [3.63, 3.8) is 0 Å². The van der Waals surface area contributed by atoms with E-state index in [1.807, 2.05) is 0 Å². The second kappa shape index (κ2) is 5.85. The number of nitrogens with one attached hydrogen (secondary N) is 2. The fourth-order valence-electron chi connectivity index (χ4n) is 2.97. The summed E-state index contributed by atoms with van der Waals surface area (Å²) in [5, 5.41) is 6.39. The van der Waals surface area contributed by atoms with E-state index < -0.39 is 0 Å². The van der Waals surface area contributed by atoms with E-state index in [2.05, 4.69) is 24.5 Å². The first-order chi connectivity index (χ1) is 8.18. The highest BCUT2D eigenvalue weighted by Gasteiger charge is 2.29. The van der Waals surface area contributed by atoms with Gasteiger partial charge in [-0.2, -0.15) is 0 Å². The number of rotatable bonds is 4. The van der Waals surface area contributed by atoms with Crippen molar-refractivity contribution in [2.75, 3.05) is 19.6 Å². The van der Waals surface area contributed by atoms with Gasteiger partial charge in [-0.3, -0.25) is 4.79 Å². The fraction of sp³-hybridized carbons (Fsp3) is 0.929. The largest absolute Gasteiger partial charge is 0.356 e. The van der Waals surface area contributed by atoms with E-state index >= 15 is 0 Å². The van der Waals surface area contributed by atoms with Crippen LogP contribution < -0.4 is 10.6 Å². The van der Waals surface area contributed by atoms with Gasteiger partial charge in [0.1, 0.15) is 0 Å². The topological polar surface area (TPSA) is 41.1 Å². The minimum atomic E-state index is 0.176. The van der Waals surface area contributed by atoms with E-state index in [9.17, 15) is 4.79 Å². The predicted octanol–water partition coefficient (Wildman–Crippen LogP) is 1.78. The van der Waals surface area contributed by atoms with E-state index in [1.165, 1.54) is 25.7 Å². The number of carbonyl (C=O) groups is 1.